The van der Waals surface area contributed by atoms with Crippen molar-refractivity contribution >= 4 is 23.3 Å². The van der Waals surface area contributed by atoms with Gasteiger partial charge in [-0.1, -0.05) is 49.8 Å². The van der Waals surface area contributed by atoms with Crippen molar-refractivity contribution in [3.63, 3.8) is 0 Å². The first-order valence-corrected chi connectivity index (χ1v) is 10.5. The lowest BCUT2D eigenvalue weighted by molar-refractivity contribution is -0.132. The summed E-state index contributed by atoms with van der Waals surface area (Å²) in [5, 5.41) is 13.4. The van der Waals surface area contributed by atoms with Gasteiger partial charge in [0, 0.05) is 6.04 Å². The molecule has 0 radical (unpaired) electrons. The zero-order valence-corrected chi connectivity index (χ0v) is 16.9. The number of carbonyl (C=O) groups excluding carboxylic acids is 1. The molecule has 2 aromatic rings. The van der Waals surface area contributed by atoms with Crippen LogP contribution in [0.15, 0.2) is 42.0 Å². The van der Waals surface area contributed by atoms with Crippen LogP contribution in [0.25, 0.3) is 5.65 Å². The minimum atomic E-state index is 0.166. The van der Waals surface area contributed by atoms with E-state index in [-0.39, 0.29) is 18.0 Å². The van der Waals surface area contributed by atoms with E-state index < -0.39 is 0 Å². The molecule has 0 spiro atoms. The fraction of sp³-hybridized carbons (Fsp3) is 0.500. The molecule has 7 heteroatoms. The molecule has 144 valence electrons. The van der Waals surface area contributed by atoms with Crippen LogP contribution in [0.4, 0.5) is 0 Å². The summed E-state index contributed by atoms with van der Waals surface area (Å²) < 4.78 is 1.71. The number of unbranched alkanes of at least 4 members (excludes halogenated alkanes) is 1. The predicted octanol–water partition coefficient (Wildman–Crippen LogP) is 3.82. The van der Waals surface area contributed by atoms with Gasteiger partial charge in [0.1, 0.15) is 5.03 Å². The molecular weight excluding hydrogens is 358 g/mol. The SMILES string of the molecule is C=CC[C@H]1CC=C[C@H](CCCC)N1C(=O)CSc1ccc2nnc(C)n2n1. The fourth-order valence-electron chi connectivity index (χ4n) is 3.48. The van der Waals surface area contributed by atoms with Gasteiger partial charge in [0.05, 0.1) is 11.8 Å². The minimum absolute atomic E-state index is 0.166. The lowest BCUT2D eigenvalue weighted by Crippen LogP contribution is -2.48. The molecule has 1 aliphatic rings. The number of rotatable bonds is 8. The van der Waals surface area contributed by atoms with E-state index in [9.17, 15) is 4.79 Å². The van der Waals surface area contributed by atoms with Crippen LogP contribution in [-0.4, -0.2) is 48.5 Å². The summed E-state index contributed by atoms with van der Waals surface area (Å²) >= 11 is 1.47. The Morgan fingerprint density at radius 3 is 3.04 bits per heavy atom. The van der Waals surface area contributed by atoms with E-state index in [0.717, 1.165) is 48.6 Å². The molecule has 0 aromatic carbocycles. The maximum absolute atomic E-state index is 13.1. The summed E-state index contributed by atoms with van der Waals surface area (Å²) in [7, 11) is 0. The molecule has 2 aromatic heterocycles. The molecule has 0 fully saturated rings. The normalized spacial score (nSPS) is 19.6. The summed E-state index contributed by atoms with van der Waals surface area (Å²) in [4.78, 5) is 15.2. The monoisotopic (exact) mass is 385 g/mol. The molecule has 0 bridgehead atoms. The van der Waals surface area contributed by atoms with Gasteiger partial charge >= 0.3 is 0 Å². The van der Waals surface area contributed by atoms with Crippen LogP contribution in [0.5, 0.6) is 0 Å². The summed E-state index contributed by atoms with van der Waals surface area (Å²) in [6.45, 7) is 7.92. The molecule has 0 saturated carbocycles. The maximum atomic E-state index is 13.1. The first kappa shape index (κ1) is 19.6. The van der Waals surface area contributed by atoms with Gasteiger partial charge in [0.2, 0.25) is 5.91 Å². The van der Waals surface area contributed by atoms with E-state index in [1.807, 2.05) is 25.1 Å². The van der Waals surface area contributed by atoms with Gasteiger partial charge in [0.15, 0.2) is 11.5 Å². The number of hydrogen-bond acceptors (Lipinski definition) is 5. The van der Waals surface area contributed by atoms with Crippen LogP contribution in [-0.2, 0) is 4.79 Å². The second-order valence-electron chi connectivity index (χ2n) is 6.83. The van der Waals surface area contributed by atoms with Gasteiger partial charge < -0.3 is 4.90 Å². The summed E-state index contributed by atoms with van der Waals surface area (Å²) in [5.41, 5.74) is 0.718. The van der Waals surface area contributed by atoms with Crippen molar-refractivity contribution in [3.05, 3.63) is 42.8 Å². The van der Waals surface area contributed by atoms with Crippen molar-refractivity contribution in [3.8, 4) is 0 Å². The van der Waals surface area contributed by atoms with Gasteiger partial charge in [-0.25, -0.2) is 0 Å². The van der Waals surface area contributed by atoms with Crippen LogP contribution in [0.2, 0.25) is 0 Å². The molecule has 3 rings (SSSR count). The zero-order chi connectivity index (χ0) is 19.2. The van der Waals surface area contributed by atoms with Gasteiger partial charge in [0.25, 0.3) is 0 Å². The average molecular weight is 386 g/mol. The summed E-state index contributed by atoms with van der Waals surface area (Å²) in [6.07, 6.45) is 11.3. The third-order valence-corrected chi connectivity index (χ3v) is 5.74. The quantitative estimate of drug-likeness (QED) is 0.511. The topological polar surface area (TPSA) is 63.4 Å². The van der Waals surface area contributed by atoms with Gasteiger partial charge in [-0.15, -0.1) is 16.8 Å². The van der Waals surface area contributed by atoms with Crippen molar-refractivity contribution in [2.75, 3.05) is 5.75 Å². The molecule has 0 saturated heterocycles. The molecule has 0 aliphatic carbocycles. The second kappa shape index (κ2) is 9.17. The molecular formula is C20H27N5OS. The lowest BCUT2D eigenvalue weighted by Gasteiger charge is -2.39. The standard InChI is InChI=1S/C20H27N5OS/c1-4-6-9-17-11-7-10-16(8-5-2)24(17)20(26)14-27-19-13-12-18-22-21-15(3)25(18)23-19/h5,7,11-13,16-17H,2,4,6,8-10,14H2,1,3H3/t16-,17-/m0/s1. The Hall–Kier alpha value is -2.15. The number of thioether (sulfide) groups is 1. The fourth-order valence-corrected chi connectivity index (χ4v) is 4.20. The Balaban J connectivity index is 1.71. The van der Waals surface area contributed by atoms with E-state index in [2.05, 4.69) is 45.9 Å². The van der Waals surface area contributed by atoms with Crippen LogP contribution < -0.4 is 0 Å². The molecule has 0 N–H and O–H groups in total. The Morgan fingerprint density at radius 2 is 2.26 bits per heavy atom. The van der Waals surface area contributed by atoms with E-state index in [1.54, 1.807) is 4.52 Å². The number of amides is 1. The van der Waals surface area contributed by atoms with E-state index >= 15 is 0 Å². The average Bonchev–Trinajstić information content (AvgIpc) is 3.05. The first-order valence-electron chi connectivity index (χ1n) is 9.54. The summed E-state index contributed by atoms with van der Waals surface area (Å²) in [6, 6.07) is 4.17. The van der Waals surface area contributed by atoms with Crippen LogP contribution >= 0.6 is 11.8 Å². The molecule has 3 heterocycles. The van der Waals surface area contributed by atoms with Crippen molar-refractivity contribution in [1.29, 1.82) is 0 Å². The molecule has 6 nitrogen and oxygen atoms in total. The maximum Gasteiger partial charge on any atom is 0.233 e. The number of nitrogens with zero attached hydrogens (tertiary/aromatic N) is 5. The number of carbonyl (C=O) groups is 1. The van der Waals surface area contributed by atoms with Crippen molar-refractivity contribution < 1.29 is 4.79 Å². The van der Waals surface area contributed by atoms with Crippen molar-refractivity contribution in [1.82, 2.24) is 24.7 Å². The van der Waals surface area contributed by atoms with Gasteiger partial charge in [-0.3, -0.25) is 4.79 Å². The predicted molar refractivity (Wildman–Crippen MR) is 109 cm³/mol. The van der Waals surface area contributed by atoms with Gasteiger partial charge in [-0.05, 0) is 38.3 Å². The number of aromatic nitrogens is 4. The second-order valence-corrected chi connectivity index (χ2v) is 7.83. The molecule has 27 heavy (non-hydrogen) atoms. The van der Waals surface area contributed by atoms with Crippen LogP contribution in [0.1, 0.15) is 44.9 Å². The zero-order valence-electron chi connectivity index (χ0n) is 16.0. The number of fused-ring (bicyclic) bond motifs is 1. The number of aryl methyl sites for hydroxylation is 1. The third kappa shape index (κ3) is 4.58. The number of hydrogen-bond donors (Lipinski definition) is 0. The van der Waals surface area contributed by atoms with Crippen molar-refractivity contribution in [2.24, 2.45) is 0 Å². The third-order valence-electron chi connectivity index (χ3n) is 4.84. The van der Waals surface area contributed by atoms with Crippen LogP contribution in [0, 0.1) is 6.92 Å². The Labute approximate surface area is 164 Å². The van der Waals surface area contributed by atoms with Crippen molar-refractivity contribution in [2.45, 2.75) is 63.1 Å². The first-order chi connectivity index (χ1) is 13.1. The van der Waals surface area contributed by atoms with Crippen LogP contribution in [0.3, 0.4) is 0 Å². The van der Waals surface area contributed by atoms with E-state index in [0.29, 0.717) is 5.75 Å². The lowest BCUT2D eigenvalue weighted by atomic mass is 9.96. The van der Waals surface area contributed by atoms with E-state index in [4.69, 9.17) is 0 Å². The largest absolute Gasteiger partial charge is 0.332 e. The van der Waals surface area contributed by atoms with Gasteiger partial charge in [-0.2, -0.15) is 9.61 Å². The minimum Gasteiger partial charge on any atom is -0.332 e. The summed E-state index contributed by atoms with van der Waals surface area (Å²) in [5.74, 6) is 1.29. The smallest absolute Gasteiger partial charge is 0.233 e. The highest BCUT2D eigenvalue weighted by Gasteiger charge is 2.30. The Morgan fingerprint density at radius 1 is 1.41 bits per heavy atom. The molecule has 0 unspecified atom stereocenters. The molecule has 1 amide bonds. The highest BCUT2D eigenvalue weighted by molar-refractivity contribution is 7.99. The Kier molecular flexibility index (Phi) is 6.66. The molecule has 2 atom stereocenters. The molecule has 1 aliphatic heterocycles. The van der Waals surface area contributed by atoms with E-state index in [1.165, 1.54) is 11.8 Å². The Bertz CT molecular complexity index is 831. The highest BCUT2D eigenvalue weighted by atomic mass is 32.2. The highest BCUT2D eigenvalue weighted by Crippen LogP contribution is 2.26.